The lowest BCUT2D eigenvalue weighted by Gasteiger charge is -2.09. The molecule has 0 amide bonds. The number of hydrogen-bond donors (Lipinski definition) is 2. The standard InChI is InChI=1S/C20H22N6O2/c1-4-17(27)16-10-26(11-22-16)18-7-8-21-20(23-18)19-14-9-13(28-12(2)3)5-6-15(14)24-25-19/h5-12,17,27H,4H2,1-3H3,(H,24,25). The van der Waals surface area contributed by atoms with Gasteiger partial charge in [-0.2, -0.15) is 5.10 Å². The molecule has 0 saturated carbocycles. The van der Waals surface area contributed by atoms with E-state index in [4.69, 9.17) is 4.74 Å². The highest BCUT2D eigenvalue weighted by molar-refractivity contribution is 5.92. The third kappa shape index (κ3) is 3.46. The molecule has 0 aliphatic carbocycles. The number of nitrogens with zero attached hydrogens (tertiary/aromatic N) is 5. The van der Waals surface area contributed by atoms with Gasteiger partial charge in [0.25, 0.3) is 0 Å². The predicted octanol–water partition coefficient (Wildman–Crippen LogP) is 3.44. The molecule has 1 atom stereocenters. The van der Waals surface area contributed by atoms with Crippen molar-refractivity contribution in [2.24, 2.45) is 0 Å². The van der Waals surface area contributed by atoms with Crippen LogP contribution < -0.4 is 4.74 Å². The minimum absolute atomic E-state index is 0.0845. The number of aliphatic hydroxyl groups is 1. The van der Waals surface area contributed by atoms with Gasteiger partial charge in [-0.15, -0.1) is 0 Å². The molecule has 3 heterocycles. The molecule has 144 valence electrons. The van der Waals surface area contributed by atoms with Gasteiger partial charge in [0.15, 0.2) is 5.82 Å². The Morgan fingerprint density at radius 2 is 2.07 bits per heavy atom. The fourth-order valence-electron chi connectivity index (χ4n) is 2.96. The van der Waals surface area contributed by atoms with E-state index in [9.17, 15) is 5.11 Å². The number of ether oxygens (including phenoxy) is 1. The molecule has 1 unspecified atom stereocenters. The largest absolute Gasteiger partial charge is 0.491 e. The molecule has 4 aromatic rings. The summed E-state index contributed by atoms with van der Waals surface area (Å²) < 4.78 is 7.56. The third-order valence-electron chi connectivity index (χ3n) is 4.35. The SMILES string of the molecule is CCC(O)c1cn(-c2ccnc(-c3n[nH]c4ccc(OC(C)C)cc34)n2)cn1. The highest BCUT2D eigenvalue weighted by Crippen LogP contribution is 2.28. The third-order valence-corrected chi connectivity index (χ3v) is 4.35. The Hall–Kier alpha value is -3.26. The number of aromatic amines is 1. The number of H-pyrrole nitrogens is 1. The number of nitrogens with one attached hydrogen (secondary N) is 1. The van der Waals surface area contributed by atoms with E-state index in [0.717, 1.165) is 16.7 Å². The van der Waals surface area contributed by atoms with Gasteiger partial charge >= 0.3 is 0 Å². The van der Waals surface area contributed by atoms with Crippen molar-refractivity contribution >= 4 is 10.9 Å². The van der Waals surface area contributed by atoms with Crippen molar-refractivity contribution < 1.29 is 9.84 Å². The summed E-state index contributed by atoms with van der Waals surface area (Å²) in [7, 11) is 0. The monoisotopic (exact) mass is 378 g/mol. The summed E-state index contributed by atoms with van der Waals surface area (Å²) in [4.78, 5) is 13.3. The van der Waals surface area contributed by atoms with Crippen molar-refractivity contribution in [2.45, 2.75) is 39.4 Å². The number of imidazole rings is 1. The second-order valence-electron chi connectivity index (χ2n) is 6.81. The summed E-state index contributed by atoms with van der Waals surface area (Å²) in [6.07, 6.45) is 5.20. The first-order valence-corrected chi connectivity index (χ1v) is 9.25. The quantitative estimate of drug-likeness (QED) is 0.533. The van der Waals surface area contributed by atoms with Gasteiger partial charge < -0.3 is 9.84 Å². The lowest BCUT2D eigenvalue weighted by atomic mass is 10.2. The van der Waals surface area contributed by atoms with Crippen LogP contribution in [0.5, 0.6) is 5.75 Å². The van der Waals surface area contributed by atoms with Crippen LogP contribution in [0.2, 0.25) is 0 Å². The topological polar surface area (TPSA) is 102 Å². The van der Waals surface area contributed by atoms with E-state index in [1.807, 2.05) is 39.0 Å². The molecule has 8 heteroatoms. The number of rotatable bonds is 6. The number of aromatic nitrogens is 6. The van der Waals surface area contributed by atoms with Gasteiger partial charge in [0.05, 0.1) is 23.4 Å². The van der Waals surface area contributed by atoms with Crippen LogP contribution in [-0.2, 0) is 0 Å². The Kier molecular flexibility index (Phi) is 4.79. The highest BCUT2D eigenvalue weighted by atomic mass is 16.5. The first kappa shape index (κ1) is 18.1. The summed E-state index contributed by atoms with van der Waals surface area (Å²) in [5.41, 5.74) is 2.15. The van der Waals surface area contributed by atoms with Gasteiger partial charge in [0, 0.05) is 17.8 Å². The fraction of sp³-hybridized carbons (Fsp3) is 0.300. The van der Waals surface area contributed by atoms with E-state index in [1.165, 1.54) is 0 Å². The van der Waals surface area contributed by atoms with Gasteiger partial charge in [-0.1, -0.05) is 6.92 Å². The maximum Gasteiger partial charge on any atom is 0.182 e. The van der Waals surface area contributed by atoms with E-state index < -0.39 is 6.10 Å². The van der Waals surface area contributed by atoms with Crippen molar-refractivity contribution in [3.63, 3.8) is 0 Å². The highest BCUT2D eigenvalue weighted by Gasteiger charge is 2.14. The van der Waals surface area contributed by atoms with Crippen LogP contribution in [-0.4, -0.2) is 40.9 Å². The summed E-state index contributed by atoms with van der Waals surface area (Å²) >= 11 is 0. The minimum atomic E-state index is -0.586. The number of aliphatic hydroxyl groups excluding tert-OH is 1. The molecule has 4 rings (SSSR count). The molecule has 2 N–H and O–H groups in total. The van der Waals surface area contributed by atoms with Crippen LogP contribution in [0.1, 0.15) is 39.0 Å². The molecule has 0 aliphatic rings. The molecule has 0 fully saturated rings. The summed E-state index contributed by atoms with van der Waals surface area (Å²) in [5, 5.41) is 18.3. The Morgan fingerprint density at radius 1 is 1.21 bits per heavy atom. The smallest absolute Gasteiger partial charge is 0.182 e. The van der Waals surface area contributed by atoms with Gasteiger partial charge in [-0.25, -0.2) is 15.0 Å². The molecule has 28 heavy (non-hydrogen) atoms. The molecular weight excluding hydrogens is 356 g/mol. The van der Waals surface area contributed by atoms with Crippen molar-refractivity contribution in [1.29, 1.82) is 0 Å². The van der Waals surface area contributed by atoms with E-state index in [-0.39, 0.29) is 6.10 Å². The molecule has 3 aromatic heterocycles. The zero-order valence-corrected chi connectivity index (χ0v) is 16.0. The molecular formula is C20H22N6O2. The Morgan fingerprint density at radius 3 is 2.86 bits per heavy atom. The molecule has 0 bridgehead atoms. The zero-order chi connectivity index (χ0) is 19.7. The van der Waals surface area contributed by atoms with Crippen LogP contribution in [0.25, 0.3) is 28.2 Å². The second kappa shape index (κ2) is 7.40. The minimum Gasteiger partial charge on any atom is -0.491 e. The van der Waals surface area contributed by atoms with E-state index in [1.54, 1.807) is 29.4 Å². The maximum absolute atomic E-state index is 9.97. The van der Waals surface area contributed by atoms with Crippen LogP contribution >= 0.6 is 0 Å². The Labute approximate surface area is 162 Å². The Balaban J connectivity index is 1.72. The Bertz CT molecular complexity index is 1100. The average molecular weight is 378 g/mol. The van der Waals surface area contributed by atoms with Crippen molar-refractivity contribution in [3.05, 3.63) is 48.7 Å². The molecule has 0 radical (unpaired) electrons. The van der Waals surface area contributed by atoms with Gasteiger partial charge in [0.2, 0.25) is 0 Å². The number of hydrogen-bond acceptors (Lipinski definition) is 6. The maximum atomic E-state index is 9.97. The summed E-state index contributed by atoms with van der Waals surface area (Å²) in [6.45, 7) is 5.89. The zero-order valence-electron chi connectivity index (χ0n) is 16.0. The van der Waals surface area contributed by atoms with E-state index in [0.29, 0.717) is 29.5 Å². The molecule has 0 aliphatic heterocycles. The first-order chi connectivity index (χ1) is 13.5. The van der Waals surface area contributed by atoms with Crippen LogP contribution in [0.15, 0.2) is 43.0 Å². The van der Waals surface area contributed by atoms with Crippen LogP contribution in [0.4, 0.5) is 0 Å². The lowest BCUT2D eigenvalue weighted by molar-refractivity contribution is 0.169. The lowest BCUT2D eigenvalue weighted by Crippen LogP contribution is -2.05. The van der Waals surface area contributed by atoms with Crippen molar-refractivity contribution in [1.82, 2.24) is 29.7 Å². The molecule has 0 saturated heterocycles. The van der Waals surface area contributed by atoms with Gasteiger partial charge in [0.1, 0.15) is 23.6 Å². The second-order valence-corrected chi connectivity index (χ2v) is 6.81. The molecule has 0 spiro atoms. The van der Waals surface area contributed by atoms with Crippen LogP contribution in [0, 0.1) is 0 Å². The van der Waals surface area contributed by atoms with E-state index in [2.05, 4.69) is 25.1 Å². The average Bonchev–Trinajstić information content (AvgIpc) is 3.34. The van der Waals surface area contributed by atoms with Crippen molar-refractivity contribution in [3.8, 4) is 23.1 Å². The fourth-order valence-corrected chi connectivity index (χ4v) is 2.96. The first-order valence-electron chi connectivity index (χ1n) is 9.25. The van der Waals surface area contributed by atoms with Crippen molar-refractivity contribution in [2.75, 3.05) is 0 Å². The van der Waals surface area contributed by atoms with Gasteiger partial charge in [-0.3, -0.25) is 9.67 Å². The summed E-state index contributed by atoms with van der Waals surface area (Å²) in [5.74, 6) is 1.92. The van der Waals surface area contributed by atoms with Gasteiger partial charge in [-0.05, 0) is 44.5 Å². The normalized spacial score (nSPS) is 12.6. The summed E-state index contributed by atoms with van der Waals surface area (Å²) in [6, 6.07) is 7.57. The molecule has 8 nitrogen and oxygen atoms in total. The molecule has 1 aromatic carbocycles. The van der Waals surface area contributed by atoms with E-state index >= 15 is 0 Å². The number of fused-ring (bicyclic) bond motifs is 1. The van der Waals surface area contributed by atoms with Crippen LogP contribution in [0.3, 0.4) is 0 Å². The predicted molar refractivity (Wildman–Crippen MR) is 105 cm³/mol. The number of benzene rings is 1.